The van der Waals surface area contributed by atoms with Crippen LogP contribution in [0.2, 0.25) is 5.02 Å². The third-order valence-electron chi connectivity index (χ3n) is 6.04. The van der Waals surface area contributed by atoms with Gasteiger partial charge in [0.25, 0.3) is 0 Å². The van der Waals surface area contributed by atoms with E-state index >= 15 is 0 Å². The second-order valence-corrected chi connectivity index (χ2v) is 9.85. The van der Waals surface area contributed by atoms with Crippen molar-refractivity contribution < 1.29 is 33.5 Å². The number of hydrogen-bond donors (Lipinski definition) is 4. The molecule has 1 aliphatic rings. The monoisotopic (exact) mass is 493 g/mol. The van der Waals surface area contributed by atoms with Gasteiger partial charge in [0.15, 0.2) is 5.43 Å². The van der Waals surface area contributed by atoms with Gasteiger partial charge in [-0.15, -0.1) is 0 Å². The van der Waals surface area contributed by atoms with Crippen LogP contribution in [0.25, 0.3) is 22.3 Å². The predicted molar refractivity (Wildman–Crippen MR) is 125 cm³/mol. The molecule has 1 unspecified atom stereocenters. The fourth-order valence-corrected chi connectivity index (χ4v) is 5.15. The average molecular weight is 494 g/mol. The Morgan fingerprint density at radius 2 is 1.91 bits per heavy atom. The Labute approximate surface area is 194 Å². The van der Waals surface area contributed by atoms with Gasteiger partial charge in [-0.3, -0.25) is 9.32 Å². The van der Waals surface area contributed by atoms with Gasteiger partial charge < -0.3 is 29.3 Å². The van der Waals surface area contributed by atoms with Crippen LogP contribution in [-0.2, 0) is 9.09 Å². The molecule has 0 bridgehead atoms. The summed E-state index contributed by atoms with van der Waals surface area (Å²) in [5.74, 6) is -1.50. The van der Waals surface area contributed by atoms with Crippen molar-refractivity contribution in [2.24, 2.45) is 0 Å². The maximum Gasteiger partial charge on any atom is 0.469 e. The Balaban J connectivity index is 1.98. The fraction of sp³-hybridized carbons (Fsp3) is 0.286. The first-order valence-electron chi connectivity index (χ1n) is 10.2. The van der Waals surface area contributed by atoms with E-state index in [1.165, 1.54) is 6.07 Å². The third-order valence-corrected chi connectivity index (χ3v) is 6.92. The van der Waals surface area contributed by atoms with Crippen molar-refractivity contribution in [3.63, 3.8) is 0 Å². The summed E-state index contributed by atoms with van der Waals surface area (Å²) in [5, 5.41) is 21.4. The zero-order valence-corrected chi connectivity index (χ0v) is 19.5. The van der Waals surface area contributed by atoms with E-state index in [0.29, 0.717) is 17.0 Å². The molecule has 4 N–H and O–H groups in total. The van der Waals surface area contributed by atoms with Crippen molar-refractivity contribution in [3.05, 3.63) is 57.2 Å². The lowest BCUT2D eigenvalue weighted by Crippen LogP contribution is -2.48. The number of aromatic hydroxyl groups is 2. The minimum atomic E-state index is -4.86. The highest BCUT2D eigenvalue weighted by atomic mass is 35.5. The fourth-order valence-electron chi connectivity index (χ4n) is 4.35. The molecule has 1 fully saturated rings. The van der Waals surface area contributed by atoms with Crippen LogP contribution in [0.3, 0.4) is 0 Å². The number of rotatable bonds is 4. The molecule has 9 nitrogen and oxygen atoms in total. The van der Waals surface area contributed by atoms with Crippen LogP contribution in [0, 0.1) is 0 Å². The molecule has 0 saturated carbocycles. The number of likely N-dealkylation sites (tertiary alicyclic amines) is 1. The zero-order chi connectivity index (χ0) is 24.1. The first-order chi connectivity index (χ1) is 15.5. The molecule has 0 amide bonds. The van der Waals surface area contributed by atoms with Crippen LogP contribution >= 0.6 is 19.4 Å². The van der Waals surface area contributed by atoms with Crippen LogP contribution in [0.5, 0.6) is 11.5 Å². The number of phosphoric ester groups is 1. The van der Waals surface area contributed by atoms with E-state index in [1.807, 2.05) is 12.7 Å². The molecule has 1 aliphatic heterocycles. The first-order valence-corrected chi connectivity index (χ1v) is 12.1. The summed E-state index contributed by atoms with van der Waals surface area (Å²) >= 11 is 6.27. The number of hydrogen-bond acceptors (Lipinski definition) is 7. The summed E-state index contributed by atoms with van der Waals surface area (Å²) in [6.07, 6.45) is -0.672. The van der Waals surface area contributed by atoms with E-state index in [1.54, 1.807) is 31.3 Å². The molecule has 12 heteroatoms. The molecule has 174 valence electrons. The maximum absolute atomic E-state index is 13.0. The van der Waals surface area contributed by atoms with Crippen molar-refractivity contribution in [3.8, 4) is 22.8 Å². The molecular formula is C21H22BClNO8P. The molecule has 0 spiro atoms. The van der Waals surface area contributed by atoms with Crippen molar-refractivity contribution in [2.45, 2.75) is 24.4 Å². The van der Waals surface area contributed by atoms with Gasteiger partial charge in [-0.1, -0.05) is 23.7 Å². The topological polar surface area (TPSA) is 141 Å². The first kappa shape index (κ1) is 23.8. The van der Waals surface area contributed by atoms with Gasteiger partial charge in [-0.05, 0) is 31.5 Å². The molecule has 3 atom stereocenters. The van der Waals surface area contributed by atoms with Gasteiger partial charge >= 0.3 is 7.82 Å². The number of phenolic OH excluding ortho intramolecular Hbond substituents is 2. The Hall–Kier alpha value is -2.33. The van der Waals surface area contributed by atoms with Crippen molar-refractivity contribution in [1.29, 1.82) is 0 Å². The molecule has 4 rings (SSSR count). The molecule has 2 heterocycles. The van der Waals surface area contributed by atoms with Crippen LogP contribution in [0.15, 0.2) is 45.6 Å². The van der Waals surface area contributed by atoms with Gasteiger partial charge in [-0.25, -0.2) is 4.57 Å². The lowest BCUT2D eigenvalue weighted by molar-refractivity contribution is 0.0458. The van der Waals surface area contributed by atoms with Gasteiger partial charge in [0.05, 0.1) is 11.1 Å². The Bertz CT molecular complexity index is 1330. The minimum absolute atomic E-state index is 0.0339. The van der Waals surface area contributed by atoms with Gasteiger partial charge in [0, 0.05) is 35.7 Å². The molecule has 33 heavy (non-hydrogen) atoms. The minimum Gasteiger partial charge on any atom is -0.507 e. The quantitative estimate of drug-likeness (QED) is 0.318. The van der Waals surface area contributed by atoms with Crippen LogP contribution in [-0.4, -0.2) is 58.4 Å². The normalized spacial score (nSPS) is 22.0. The van der Waals surface area contributed by atoms with E-state index in [0.717, 1.165) is 6.07 Å². The number of phenols is 2. The highest BCUT2D eigenvalue weighted by molar-refractivity contribution is 7.46. The van der Waals surface area contributed by atoms with Crippen LogP contribution < -0.4 is 5.43 Å². The largest absolute Gasteiger partial charge is 0.507 e. The van der Waals surface area contributed by atoms with Crippen molar-refractivity contribution in [1.82, 2.24) is 4.90 Å². The summed E-state index contributed by atoms with van der Waals surface area (Å²) in [7, 11) is -1.15. The number of nitrogens with zero attached hydrogens (tertiary/aromatic N) is 1. The molecule has 0 radical (unpaired) electrons. The van der Waals surface area contributed by atoms with E-state index in [4.69, 9.17) is 20.5 Å². The van der Waals surface area contributed by atoms with E-state index in [-0.39, 0.29) is 40.5 Å². The number of benzene rings is 2. The number of phosphoric acid groups is 1. The van der Waals surface area contributed by atoms with E-state index in [2.05, 4.69) is 0 Å². The number of likely N-dealkylation sites (N-methyl/N-ethyl adjacent to an activating group) is 1. The summed E-state index contributed by atoms with van der Waals surface area (Å²) in [6.45, 7) is 0.160. The average Bonchev–Trinajstić information content (AvgIpc) is 2.70. The summed E-state index contributed by atoms with van der Waals surface area (Å²) in [6, 6.07) is 8.95. The van der Waals surface area contributed by atoms with Crippen LogP contribution in [0.1, 0.15) is 17.9 Å². The Morgan fingerprint density at radius 3 is 2.58 bits per heavy atom. The molecule has 1 aromatic heterocycles. The van der Waals surface area contributed by atoms with E-state index in [9.17, 15) is 29.4 Å². The summed E-state index contributed by atoms with van der Waals surface area (Å²) in [4.78, 5) is 33.8. The second-order valence-electron chi connectivity index (χ2n) is 8.25. The molecule has 3 aromatic rings. The number of fused-ring (bicyclic) bond motifs is 1. The van der Waals surface area contributed by atoms with Gasteiger partial charge in [-0.2, -0.15) is 0 Å². The third kappa shape index (κ3) is 4.68. The number of halogens is 1. The number of piperidine rings is 1. The van der Waals surface area contributed by atoms with Crippen molar-refractivity contribution >= 4 is 38.2 Å². The predicted octanol–water partition coefficient (Wildman–Crippen LogP) is 2.38. The van der Waals surface area contributed by atoms with Crippen molar-refractivity contribution in [2.75, 3.05) is 13.6 Å². The standard InChI is InChI=1S/C21H22BClNO8P/c1-24-9-17(32-33(28,29)30)11(6-18(24)22)19-13(25)7-14(26)20-15(27)8-16(31-21(19)20)10-4-2-3-5-12(10)23/h2-5,7-8,11,17-18,25-26H,6,9,22H2,1H3,(H2,28,29,30)/t11-,17+,18?/m0/s1. The SMILES string of the molecule is BC1C[C@H](c2c(O)cc(O)c3c(=O)cc(-c4ccccc4Cl)oc23)[C@H](OP(=O)(O)O)CN1C. The molecule has 2 aromatic carbocycles. The Kier molecular flexibility index (Phi) is 6.35. The Morgan fingerprint density at radius 1 is 1.21 bits per heavy atom. The molecule has 0 aliphatic carbocycles. The zero-order valence-electron chi connectivity index (χ0n) is 17.8. The van der Waals surface area contributed by atoms with Crippen LogP contribution in [0.4, 0.5) is 0 Å². The van der Waals surface area contributed by atoms with E-state index < -0.39 is 31.0 Å². The smallest absolute Gasteiger partial charge is 0.469 e. The lowest BCUT2D eigenvalue weighted by Gasteiger charge is -2.41. The second kappa shape index (κ2) is 8.79. The highest BCUT2D eigenvalue weighted by Gasteiger charge is 2.40. The maximum atomic E-state index is 13.0. The lowest BCUT2D eigenvalue weighted by atomic mass is 9.76. The summed E-state index contributed by atoms with van der Waals surface area (Å²) in [5.41, 5.74) is -0.0757. The molecular weight excluding hydrogens is 471 g/mol. The molecule has 1 saturated heterocycles. The van der Waals surface area contributed by atoms with Gasteiger partial charge in [0.2, 0.25) is 0 Å². The summed E-state index contributed by atoms with van der Waals surface area (Å²) < 4.78 is 22.8. The highest BCUT2D eigenvalue weighted by Crippen LogP contribution is 2.48. The van der Waals surface area contributed by atoms with Gasteiger partial charge in [0.1, 0.15) is 36.1 Å².